The van der Waals surface area contributed by atoms with Crippen molar-refractivity contribution in [3.8, 4) is 0 Å². The first-order valence-corrected chi connectivity index (χ1v) is 8.26. The van der Waals surface area contributed by atoms with E-state index in [1.54, 1.807) is 0 Å². The Kier molecular flexibility index (Phi) is 7.01. The molecule has 3 heteroatoms. The van der Waals surface area contributed by atoms with Crippen molar-refractivity contribution in [3.63, 3.8) is 0 Å². The lowest BCUT2D eigenvalue weighted by Gasteiger charge is -2.54. The van der Waals surface area contributed by atoms with Gasteiger partial charge in [-0.3, -0.25) is 0 Å². The Morgan fingerprint density at radius 1 is 0.474 bits per heavy atom. The smallest absolute Gasteiger partial charge is 0.227 e. The van der Waals surface area contributed by atoms with E-state index in [9.17, 15) is 0 Å². The van der Waals surface area contributed by atoms with Crippen molar-refractivity contribution in [2.24, 2.45) is 0 Å². The summed E-state index contributed by atoms with van der Waals surface area (Å²) >= 11 is 0. The highest BCUT2D eigenvalue weighted by Crippen LogP contribution is 2.28. The van der Waals surface area contributed by atoms with Gasteiger partial charge in [0, 0.05) is 0 Å². The molecule has 0 aromatic rings. The molecule has 0 aliphatic rings. The molecular weight excluding hydrogens is 234 g/mol. The van der Waals surface area contributed by atoms with Crippen molar-refractivity contribution in [1.82, 2.24) is 0 Å². The van der Waals surface area contributed by atoms with Crippen molar-refractivity contribution in [2.45, 2.75) is 47.8 Å². The highest BCUT2D eigenvalue weighted by molar-refractivity contribution is 4.42. The Bertz CT molecular complexity index is 208. The van der Waals surface area contributed by atoms with E-state index in [0.29, 0.717) is 6.29 Å². The highest BCUT2D eigenvalue weighted by atomic mass is 15.7. The summed E-state index contributed by atoms with van der Waals surface area (Å²) in [5.41, 5.74) is 0. The van der Waals surface area contributed by atoms with E-state index in [1.165, 1.54) is 39.3 Å². The summed E-state index contributed by atoms with van der Waals surface area (Å²) in [5.74, 6) is 0. The van der Waals surface area contributed by atoms with Gasteiger partial charge in [-0.2, -0.15) is 0 Å². The van der Waals surface area contributed by atoms with Gasteiger partial charge in [0.2, 0.25) is 0 Å². The molecule has 0 aromatic heterocycles. The van der Waals surface area contributed by atoms with Gasteiger partial charge < -0.3 is 0 Å². The maximum atomic E-state index is 2.45. The molecule has 19 heavy (non-hydrogen) atoms. The number of hydrogen-bond donors (Lipinski definition) is 0. The van der Waals surface area contributed by atoms with Crippen molar-refractivity contribution < 1.29 is 13.4 Å². The van der Waals surface area contributed by atoms with Crippen LogP contribution in [0.4, 0.5) is 0 Å². The van der Waals surface area contributed by atoms with Crippen LogP contribution in [0.2, 0.25) is 0 Å². The van der Waals surface area contributed by atoms with Gasteiger partial charge in [0.15, 0.2) is 0 Å². The lowest BCUT2D eigenvalue weighted by molar-refractivity contribution is -1.27. The Hall–Kier alpha value is -0.120. The molecule has 0 radical (unpaired) electrons. The monoisotopic (exact) mass is 274 g/mol. The van der Waals surface area contributed by atoms with Crippen LogP contribution in [0.1, 0.15) is 41.5 Å². The molecule has 0 amide bonds. The first kappa shape index (κ1) is 18.9. The van der Waals surface area contributed by atoms with E-state index in [1.807, 2.05) is 0 Å². The highest BCUT2D eigenvalue weighted by Gasteiger charge is 2.54. The molecule has 116 valence electrons. The summed E-state index contributed by atoms with van der Waals surface area (Å²) in [6.07, 6.45) is 0.625. The molecule has 0 rings (SSSR count). The van der Waals surface area contributed by atoms with E-state index in [-0.39, 0.29) is 0 Å². The average Bonchev–Trinajstić information content (AvgIpc) is 2.46. The number of quaternary nitrogens is 3. The summed E-state index contributed by atoms with van der Waals surface area (Å²) in [6, 6.07) is 0. The Balaban J connectivity index is 5.88. The molecule has 0 saturated heterocycles. The quantitative estimate of drug-likeness (QED) is 0.448. The predicted octanol–water partition coefficient (Wildman–Crippen LogP) is 2.73. The van der Waals surface area contributed by atoms with Crippen LogP contribution >= 0.6 is 0 Å². The lowest BCUT2D eigenvalue weighted by atomic mass is 10.2. The Morgan fingerprint density at radius 2 is 0.632 bits per heavy atom. The summed E-state index contributed by atoms with van der Waals surface area (Å²) in [7, 11) is 7.36. The largest absolute Gasteiger partial charge is 0.342 e. The van der Waals surface area contributed by atoms with Gasteiger partial charge in [0.05, 0.1) is 60.4 Å². The first-order chi connectivity index (χ1) is 8.73. The standard InChI is InChI=1S/C16H40N3/c1-10-17(7,11-2)16(18(8,12-3)13-4)19(9,14-5)15-6/h16H,10-15H2,1-9H3/q+3. The molecule has 0 unspecified atom stereocenters. The fraction of sp³-hybridized carbons (Fsp3) is 1.00. The van der Waals surface area contributed by atoms with Gasteiger partial charge in [-0.15, -0.1) is 0 Å². The molecule has 0 aromatic carbocycles. The molecule has 0 heterocycles. The normalized spacial score (nSPS) is 14.2. The minimum Gasteiger partial charge on any atom is -0.227 e. The van der Waals surface area contributed by atoms with Crippen LogP contribution in [0.25, 0.3) is 0 Å². The van der Waals surface area contributed by atoms with Crippen LogP contribution in [0, 0.1) is 0 Å². The zero-order valence-corrected chi connectivity index (χ0v) is 15.2. The second-order valence-corrected chi connectivity index (χ2v) is 6.68. The molecule has 0 aliphatic heterocycles. The second-order valence-electron chi connectivity index (χ2n) is 6.68. The van der Waals surface area contributed by atoms with Gasteiger partial charge in [-0.05, 0) is 41.5 Å². The van der Waals surface area contributed by atoms with Crippen LogP contribution in [0.5, 0.6) is 0 Å². The molecule has 0 atom stereocenters. The van der Waals surface area contributed by atoms with E-state index in [4.69, 9.17) is 0 Å². The minimum atomic E-state index is 0.625. The molecular formula is C16H40N3+3. The zero-order valence-electron chi connectivity index (χ0n) is 15.2. The molecule has 0 fully saturated rings. The SMILES string of the molecule is CC[N+](C)(CC)C([N+](C)(CC)CC)[N+](C)(CC)CC. The number of nitrogens with zero attached hydrogens (tertiary/aromatic N) is 3. The van der Waals surface area contributed by atoms with Gasteiger partial charge in [0.1, 0.15) is 0 Å². The first-order valence-electron chi connectivity index (χ1n) is 8.26. The summed E-state index contributed by atoms with van der Waals surface area (Å²) in [5, 5.41) is 0. The third-order valence-corrected chi connectivity index (χ3v) is 6.01. The van der Waals surface area contributed by atoms with E-state index >= 15 is 0 Å². The third-order valence-electron chi connectivity index (χ3n) is 6.01. The molecule has 3 nitrogen and oxygen atoms in total. The lowest BCUT2D eigenvalue weighted by Crippen LogP contribution is -2.78. The molecule has 0 bridgehead atoms. The molecule has 0 aliphatic carbocycles. The molecule has 0 spiro atoms. The fourth-order valence-electron chi connectivity index (χ4n) is 3.67. The maximum absolute atomic E-state index is 2.45. The van der Waals surface area contributed by atoms with Crippen LogP contribution in [0.3, 0.4) is 0 Å². The predicted molar refractivity (Wildman–Crippen MR) is 85.6 cm³/mol. The second kappa shape index (κ2) is 7.05. The van der Waals surface area contributed by atoms with E-state index in [2.05, 4.69) is 62.7 Å². The van der Waals surface area contributed by atoms with Gasteiger partial charge in [0.25, 0.3) is 0 Å². The van der Waals surface area contributed by atoms with Crippen molar-refractivity contribution in [2.75, 3.05) is 60.4 Å². The van der Waals surface area contributed by atoms with Crippen LogP contribution in [-0.4, -0.2) is 80.2 Å². The van der Waals surface area contributed by atoms with Crippen molar-refractivity contribution in [1.29, 1.82) is 0 Å². The average molecular weight is 275 g/mol. The summed E-state index contributed by atoms with van der Waals surface area (Å²) in [6.45, 7) is 21.4. The summed E-state index contributed by atoms with van der Waals surface area (Å²) in [4.78, 5) is 0. The maximum Gasteiger partial charge on any atom is 0.342 e. The molecule has 0 N–H and O–H groups in total. The van der Waals surface area contributed by atoms with Crippen LogP contribution < -0.4 is 0 Å². The zero-order chi connectivity index (χ0) is 15.3. The van der Waals surface area contributed by atoms with Gasteiger partial charge in [-0.25, -0.2) is 13.4 Å². The topological polar surface area (TPSA) is 0 Å². The van der Waals surface area contributed by atoms with E-state index < -0.39 is 0 Å². The minimum absolute atomic E-state index is 0.625. The Morgan fingerprint density at radius 3 is 0.737 bits per heavy atom. The van der Waals surface area contributed by atoms with Gasteiger partial charge >= 0.3 is 6.29 Å². The third kappa shape index (κ3) is 3.50. The molecule has 0 saturated carbocycles. The number of rotatable bonds is 9. The van der Waals surface area contributed by atoms with Crippen molar-refractivity contribution >= 4 is 0 Å². The number of hydrogen-bond acceptors (Lipinski definition) is 0. The summed E-state index contributed by atoms with van der Waals surface area (Å²) < 4.78 is 3.49. The van der Waals surface area contributed by atoms with Crippen molar-refractivity contribution in [3.05, 3.63) is 0 Å². The van der Waals surface area contributed by atoms with Crippen LogP contribution in [0.15, 0.2) is 0 Å². The Labute approximate surface area is 122 Å². The van der Waals surface area contributed by atoms with Gasteiger partial charge in [-0.1, -0.05) is 0 Å². The van der Waals surface area contributed by atoms with E-state index in [0.717, 1.165) is 13.4 Å². The fourth-order valence-corrected chi connectivity index (χ4v) is 3.67. The van der Waals surface area contributed by atoms with Crippen LogP contribution in [-0.2, 0) is 0 Å².